The molecule has 0 aromatic rings. The van der Waals surface area contributed by atoms with Gasteiger partial charge in [-0.15, -0.1) is 0 Å². The summed E-state index contributed by atoms with van der Waals surface area (Å²) in [6, 6.07) is 0. The summed E-state index contributed by atoms with van der Waals surface area (Å²) in [5.74, 6) is -0.463. The first kappa shape index (κ1) is 13.3. The second-order valence-electron chi connectivity index (χ2n) is 3.67. The van der Waals surface area contributed by atoms with Crippen molar-refractivity contribution in [3.8, 4) is 0 Å². The summed E-state index contributed by atoms with van der Waals surface area (Å²) >= 11 is 0. The lowest BCUT2D eigenvalue weighted by molar-refractivity contribution is -0.269. The maximum absolute atomic E-state index is 13.5. The third kappa shape index (κ3) is 2.69. The van der Waals surface area contributed by atoms with Crippen LogP contribution in [0.5, 0.6) is 0 Å². The van der Waals surface area contributed by atoms with E-state index in [-0.39, 0.29) is 0 Å². The van der Waals surface area contributed by atoms with Crippen LogP contribution in [0.3, 0.4) is 0 Å². The van der Waals surface area contributed by atoms with Gasteiger partial charge in [0.15, 0.2) is 6.10 Å². The molecular weight excluding hydrogens is 219 g/mol. The molecule has 0 saturated carbocycles. The largest absolute Gasteiger partial charge is 0.457 e. The molecule has 0 radical (unpaired) electrons. The van der Waals surface area contributed by atoms with E-state index in [4.69, 9.17) is 18.9 Å². The van der Waals surface area contributed by atoms with Crippen LogP contribution >= 0.6 is 0 Å². The highest BCUT2D eigenvalue weighted by atomic mass is 19.1. The predicted octanol–water partition coefficient (Wildman–Crippen LogP) is 0.662. The zero-order valence-electron chi connectivity index (χ0n) is 9.81. The molecule has 0 spiro atoms. The van der Waals surface area contributed by atoms with Gasteiger partial charge in [-0.3, -0.25) is 4.79 Å². The molecule has 0 bridgehead atoms. The van der Waals surface area contributed by atoms with Gasteiger partial charge < -0.3 is 18.9 Å². The fourth-order valence-electron chi connectivity index (χ4n) is 1.83. The van der Waals surface area contributed by atoms with E-state index in [0.717, 1.165) is 0 Å². The Balaban J connectivity index is 2.82. The van der Waals surface area contributed by atoms with Crippen molar-refractivity contribution < 1.29 is 28.1 Å². The molecule has 1 aliphatic rings. The van der Waals surface area contributed by atoms with E-state index < -0.39 is 36.7 Å². The molecule has 1 heterocycles. The molecule has 1 rings (SSSR count). The lowest BCUT2D eigenvalue weighted by Crippen LogP contribution is -2.58. The number of carbonyl (C=O) groups excluding carboxylic acids is 1. The fourth-order valence-corrected chi connectivity index (χ4v) is 1.83. The molecule has 0 amide bonds. The van der Waals surface area contributed by atoms with Crippen molar-refractivity contribution in [2.24, 2.45) is 0 Å². The maximum Gasteiger partial charge on any atom is 0.303 e. The second kappa shape index (κ2) is 5.56. The van der Waals surface area contributed by atoms with Crippen LogP contribution in [0, 0.1) is 0 Å². The van der Waals surface area contributed by atoms with Gasteiger partial charge >= 0.3 is 5.97 Å². The molecule has 5 atom stereocenters. The maximum atomic E-state index is 13.5. The van der Waals surface area contributed by atoms with Crippen LogP contribution in [0.2, 0.25) is 0 Å². The Morgan fingerprint density at radius 3 is 2.19 bits per heavy atom. The summed E-state index contributed by atoms with van der Waals surface area (Å²) in [6.07, 6.45) is -4.40. The van der Waals surface area contributed by atoms with Gasteiger partial charge in [0.05, 0.1) is 6.10 Å². The Morgan fingerprint density at radius 2 is 1.75 bits per heavy atom. The number of rotatable bonds is 3. The Kier molecular flexibility index (Phi) is 4.64. The number of carbonyl (C=O) groups is 1. The Hall–Kier alpha value is -0.720. The SMILES string of the molecule is CO[C@H]1[C@@H](OC)[C@H](F)O[C@H](C)[C@H]1OC(C)=O. The van der Waals surface area contributed by atoms with Crippen LogP contribution in [0.1, 0.15) is 13.8 Å². The molecule has 94 valence electrons. The van der Waals surface area contributed by atoms with E-state index in [1.165, 1.54) is 21.1 Å². The number of alkyl halides is 1. The minimum atomic E-state index is -1.59. The minimum Gasteiger partial charge on any atom is -0.457 e. The molecule has 0 aromatic carbocycles. The smallest absolute Gasteiger partial charge is 0.303 e. The monoisotopic (exact) mass is 236 g/mol. The standard InChI is InChI=1S/C10H17FO5/c1-5-7(16-6(2)12)8(13-3)9(14-4)10(11)15-5/h5,7-10H,1-4H3/t5-,7-,8-,9-,10-/m1/s1. The first-order valence-electron chi connectivity index (χ1n) is 5.03. The molecule has 6 heteroatoms. The zero-order chi connectivity index (χ0) is 12.3. The molecule has 1 aliphatic heterocycles. The molecule has 0 aromatic heterocycles. The Labute approximate surface area is 93.8 Å². The topological polar surface area (TPSA) is 54.0 Å². The van der Waals surface area contributed by atoms with E-state index in [1.54, 1.807) is 6.92 Å². The summed E-state index contributed by atoms with van der Waals surface area (Å²) in [7, 11) is 2.77. The van der Waals surface area contributed by atoms with Crippen LogP contribution in [0.25, 0.3) is 0 Å². The third-order valence-electron chi connectivity index (χ3n) is 2.56. The van der Waals surface area contributed by atoms with Gasteiger partial charge in [0, 0.05) is 21.1 Å². The molecule has 0 aliphatic carbocycles. The summed E-state index contributed by atoms with van der Waals surface area (Å²) in [6.45, 7) is 2.90. The van der Waals surface area contributed by atoms with E-state index in [1.807, 2.05) is 0 Å². The molecule has 1 fully saturated rings. The highest BCUT2D eigenvalue weighted by Crippen LogP contribution is 2.27. The van der Waals surface area contributed by atoms with Gasteiger partial charge in [-0.1, -0.05) is 0 Å². The summed E-state index contributed by atoms with van der Waals surface area (Å²) in [5.41, 5.74) is 0. The van der Waals surface area contributed by atoms with Crippen LogP contribution in [-0.4, -0.2) is 51.0 Å². The summed E-state index contributed by atoms with van der Waals surface area (Å²) in [5, 5.41) is 0. The zero-order valence-corrected chi connectivity index (χ0v) is 9.81. The second-order valence-corrected chi connectivity index (χ2v) is 3.67. The highest BCUT2D eigenvalue weighted by molar-refractivity contribution is 5.66. The van der Waals surface area contributed by atoms with Crippen LogP contribution in [0.4, 0.5) is 4.39 Å². The predicted molar refractivity (Wildman–Crippen MR) is 52.6 cm³/mol. The van der Waals surface area contributed by atoms with E-state index in [2.05, 4.69) is 0 Å². The van der Waals surface area contributed by atoms with Crippen molar-refractivity contribution in [2.75, 3.05) is 14.2 Å². The van der Waals surface area contributed by atoms with Crippen molar-refractivity contribution in [3.05, 3.63) is 0 Å². The number of esters is 1. The quantitative estimate of drug-likeness (QED) is 0.674. The lowest BCUT2D eigenvalue weighted by atomic mass is 10.00. The minimum absolute atomic E-state index is 0.463. The number of ether oxygens (including phenoxy) is 4. The molecule has 1 saturated heterocycles. The molecular formula is C10H17FO5. The normalized spacial score (nSPS) is 39.4. The van der Waals surface area contributed by atoms with Gasteiger partial charge in [0.25, 0.3) is 0 Å². The van der Waals surface area contributed by atoms with Crippen molar-refractivity contribution >= 4 is 5.97 Å². The number of methoxy groups -OCH3 is 2. The van der Waals surface area contributed by atoms with Gasteiger partial charge in [0.1, 0.15) is 12.2 Å². The van der Waals surface area contributed by atoms with E-state index >= 15 is 0 Å². The number of hydrogen-bond donors (Lipinski definition) is 0. The molecule has 0 unspecified atom stereocenters. The van der Waals surface area contributed by atoms with Crippen LogP contribution in [-0.2, 0) is 23.7 Å². The van der Waals surface area contributed by atoms with Crippen molar-refractivity contribution in [2.45, 2.75) is 44.6 Å². The average molecular weight is 236 g/mol. The van der Waals surface area contributed by atoms with Crippen LogP contribution < -0.4 is 0 Å². The van der Waals surface area contributed by atoms with Crippen molar-refractivity contribution in [1.82, 2.24) is 0 Å². The summed E-state index contributed by atoms with van der Waals surface area (Å²) in [4.78, 5) is 10.9. The van der Waals surface area contributed by atoms with Crippen molar-refractivity contribution in [3.63, 3.8) is 0 Å². The van der Waals surface area contributed by atoms with Gasteiger partial charge in [-0.25, -0.2) is 4.39 Å². The molecule has 5 nitrogen and oxygen atoms in total. The molecule has 16 heavy (non-hydrogen) atoms. The van der Waals surface area contributed by atoms with Gasteiger partial charge in [-0.2, -0.15) is 0 Å². The number of halogens is 1. The first-order chi connectivity index (χ1) is 7.51. The lowest BCUT2D eigenvalue weighted by Gasteiger charge is -2.40. The first-order valence-corrected chi connectivity index (χ1v) is 5.03. The Morgan fingerprint density at radius 1 is 1.19 bits per heavy atom. The van der Waals surface area contributed by atoms with Crippen molar-refractivity contribution in [1.29, 1.82) is 0 Å². The fraction of sp³-hybridized carbons (Fsp3) is 0.900. The van der Waals surface area contributed by atoms with E-state index in [9.17, 15) is 9.18 Å². The van der Waals surface area contributed by atoms with Gasteiger partial charge in [0.2, 0.25) is 6.36 Å². The highest BCUT2D eigenvalue weighted by Gasteiger charge is 2.47. The number of hydrogen-bond acceptors (Lipinski definition) is 5. The summed E-state index contributed by atoms with van der Waals surface area (Å²) < 4.78 is 33.6. The third-order valence-corrected chi connectivity index (χ3v) is 2.56. The van der Waals surface area contributed by atoms with Crippen LogP contribution in [0.15, 0.2) is 0 Å². The average Bonchev–Trinajstić information content (AvgIpc) is 2.20. The Bertz CT molecular complexity index is 247. The van der Waals surface area contributed by atoms with E-state index in [0.29, 0.717) is 0 Å². The molecule has 0 N–H and O–H groups in total. The van der Waals surface area contributed by atoms with Gasteiger partial charge in [-0.05, 0) is 6.92 Å².